The number of anilines is 3. The molecule has 3 aromatic carbocycles. The number of benzene rings is 3. The third-order valence-electron chi connectivity index (χ3n) is 4.74. The standard InChI is InChI=1S/C22H15F4N5O4/c23-15-7-1-11(22(24,25)26)9-18(15)31(19(27)32)12-2-4-13(5-3-12)35-14-6-8-16-17(10-14)29-20(28-16)30-21(33)34/h1-10H,(H2,27,32)(H,33,34)(H2,28,29,30). The molecule has 0 aliphatic heterocycles. The summed E-state index contributed by atoms with van der Waals surface area (Å²) >= 11 is 0. The van der Waals surface area contributed by atoms with Gasteiger partial charge in [0.15, 0.2) is 0 Å². The van der Waals surface area contributed by atoms with Gasteiger partial charge in [-0.25, -0.2) is 19.0 Å². The molecule has 35 heavy (non-hydrogen) atoms. The fourth-order valence-electron chi connectivity index (χ4n) is 3.26. The Bertz CT molecular complexity index is 1420. The number of amides is 3. The summed E-state index contributed by atoms with van der Waals surface area (Å²) in [4.78, 5) is 30.2. The van der Waals surface area contributed by atoms with Gasteiger partial charge in [0.2, 0.25) is 5.95 Å². The summed E-state index contributed by atoms with van der Waals surface area (Å²) < 4.78 is 59.3. The molecule has 1 aromatic heterocycles. The molecule has 0 radical (unpaired) electrons. The van der Waals surface area contributed by atoms with Gasteiger partial charge in [0.25, 0.3) is 0 Å². The molecule has 4 aromatic rings. The maximum absolute atomic E-state index is 14.3. The third-order valence-corrected chi connectivity index (χ3v) is 4.74. The molecule has 0 spiro atoms. The molecule has 0 atom stereocenters. The Morgan fingerprint density at radius 3 is 2.34 bits per heavy atom. The van der Waals surface area contributed by atoms with Gasteiger partial charge in [-0.3, -0.25) is 10.2 Å². The van der Waals surface area contributed by atoms with Crippen LogP contribution in [-0.2, 0) is 6.18 Å². The van der Waals surface area contributed by atoms with Gasteiger partial charge < -0.3 is 20.6 Å². The van der Waals surface area contributed by atoms with Crippen LogP contribution >= 0.6 is 0 Å². The van der Waals surface area contributed by atoms with Crippen molar-refractivity contribution in [3.05, 3.63) is 72.0 Å². The largest absolute Gasteiger partial charge is 0.465 e. The van der Waals surface area contributed by atoms with Crippen LogP contribution in [-0.4, -0.2) is 27.2 Å². The number of rotatable bonds is 5. The lowest BCUT2D eigenvalue weighted by molar-refractivity contribution is -0.137. The minimum Gasteiger partial charge on any atom is -0.465 e. The van der Waals surface area contributed by atoms with E-state index in [1.54, 1.807) is 18.2 Å². The Morgan fingerprint density at radius 1 is 1.03 bits per heavy atom. The number of carboxylic acid groups (broad SMARTS) is 1. The number of imidazole rings is 1. The van der Waals surface area contributed by atoms with Crippen molar-refractivity contribution >= 4 is 40.5 Å². The van der Waals surface area contributed by atoms with Gasteiger partial charge in [0.05, 0.1) is 28.0 Å². The zero-order valence-corrected chi connectivity index (χ0v) is 17.4. The van der Waals surface area contributed by atoms with Gasteiger partial charge in [0.1, 0.15) is 17.3 Å². The summed E-state index contributed by atoms with van der Waals surface area (Å²) in [5.41, 5.74) is 4.52. The number of fused-ring (bicyclic) bond motifs is 1. The zero-order chi connectivity index (χ0) is 25.3. The number of hydrogen-bond acceptors (Lipinski definition) is 4. The second-order valence-corrected chi connectivity index (χ2v) is 7.13. The van der Waals surface area contributed by atoms with E-state index in [0.29, 0.717) is 39.9 Å². The number of H-pyrrole nitrogens is 1. The van der Waals surface area contributed by atoms with E-state index in [2.05, 4.69) is 15.3 Å². The molecule has 9 nitrogen and oxygen atoms in total. The number of ether oxygens (including phenoxy) is 1. The molecule has 180 valence electrons. The monoisotopic (exact) mass is 489 g/mol. The third kappa shape index (κ3) is 5.08. The second kappa shape index (κ2) is 8.85. The van der Waals surface area contributed by atoms with Crippen molar-refractivity contribution in [1.82, 2.24) is 9.97 Å². The smallest absolute Gasteiger partial charge is 0.416 e. The first kappa shape index (κ1) is 23.4. The molecule has 13 heteroatoms. The van der Waals surface area contributed by atoms with Crippen LogP contribution in [0, 0.1) is 5.82 Å². The van der Waals surface area contributed by atoms with Crippen LogP contribution in [0.15, 0.2) is 60.7 Å². The van der Waals surface area contributed by atoms with Crippen LogP contribution in [0.1, 0.15) is 5.56 Å². The fraction of sp³-hybridized carbons (Fsp3) is 0.0455. The maximum Gasteiger partial charge on any atom is 0.416 e. The van der Waals surface area contributed by atoms with E-state index in [1.807, 2.05) is 0 Å². The van der Waals surface area contributed by atoms with Crippen LogP contribution in [0.4, 0.5) is 44.5 Å². The summed E-state index contributed by atoms with van der Waals surface area (Å²) in [6, 6.07) is 10.7. The number of urea groups is 1. The van der Waals surface area contributed by atoms with Crippen molar-refractivity contribution in [1.29, 1.82) is 0 Å². The number of nitrogens with one attached hydrogen (secondary N) is 2. The SMILES string of the molecule is NC(=O)N(c1ccc(Oc2ccc3nc(NC(=O)O)[nH]c3c2)cc1)c1cc(C(F)(F)F)ccc1F. The van der Waals surface area contributed by atoms with Crippen molar-refractivity contribution < 1.29 is 37.0 Å². The molecule has 0 aliphatic carbocycles. The first-order chi connectivity index (χ1) is 16.5. The van der Waals surface area contributed by atoms with Gasteiger partial charge in [-0.05, 0) is 54.6 Å². The average Bonchev–Trinajstić information content (AvgIpc) is 3.16. The van der Waals surface area contributed by atoms with Crippen molar-refractivity contribution in [2.24, 2.45) is 5.73 Å². The Morgan fingerprint density at radius 2 is 1.71 bits per heavy atom. The normalized spacial score (nSPS) is 11.3. The number of carbonyl (C=O) groups excluding carboxylic acids is 1. The van der Waals surface area contributed by atoms with E-state index in [0.717, 1.165) is 0 Å². The van der Waals surface area contributed by atoms with E-state index in [1.165, 1.54) is 24.3 Å². The number of carbonyl (C=O) groups is 2. The Labute approximate surface area is 193 Å². The lowest BCUT2D eigenvalue weighted by Gasteiger charge is -2.22. The Kier molecular flexibility index (Phi) is 5.91. The van der Waals surface area contributed by atoms with Crippen molar-refractivity contribution in [3.63, 3.8) is 0 Å². The highest BCUT2D eigenvalue weighted by atomic mass is 19.4. The molecule has 4 rings (SSSR count). The van der Waals surface area contributed by atoms with Crippen molar-refractivity contribution in [2.75, 3.05) is 10.2 Å². The van der Waals surface area contributed by atoms with Crippen molar-refractivity contribution in [2.45, 2.75) is 6.18 Å². The van der Waals surface area contributed by atoms with Crippen LogP contribution in [0.3, 0.4) is 0 Å². The number of nitrogens with two attached hydrogens (primary N) is 1. The lowest BCUT2D eigenvalue weighted by atomic mass is 10.1. The highest BCUT2D eigenvalue weighted by molar-refractivity contribution is 5.98. The topological polar surface area (TPSA) is 134 Å². The van der Waals surface area contributed by atoms with Crippen LogP contribution in [0.2, 0.25) is 0 Å². The lowest BCUT2D eigenvalue weighted by Crippen LogP contribution is -2.32. The first-order valence-corrected chi connectivity index (χ1v) is 9.75. The van der Waals surface area contributed by atoms with Crippen LogP contribution in [0.5, 0.6) is 11.5 Å². The van der Waals surface area contributed by atoms with E-state index in [-0.39, 0.29) is 17.4 Å². The Balaban J connectivity index is 1.59. The minimum absolute atomic E-state index is 0.0106. The van der Waals surface area contributed by atoms with E-state index in [4.69, 9.17) is 15.6 Å². The van der Waals surface area contributed by atoms with Crippen LogP contribution < -0.4 is 20.7 Å². The van der Waals surface area contributed by atoms with Gasteiger partial charge in [0, 0.05) is 6.07 Å². The van der Waals surface area contributed by atoms with Crippen LogP contribution in [0.25, 0.3) is 11.0 Å². The van der Waals surface area contributed by atoms with Crippen molar-refractivity contribution in [3.8, 4) is 11.5 Å². The number of aromatic nitrogens is 2. The number of nitrogens with zero attached hydrogens (tertiary/aromatic N) is 2. The van der Waals surface area contributed by atoms with Gasteiger partial charge in [-0.2, -0.15) is 13.2 Å². The minimum atomic E-state index is -4.75. The summed E-state index contributed by atoms with van der Waals surface area (Å²) in [7, 11) is 0. The molecule has 0 unspecified atom stereocenters. The molecular formula is C22H15F4N5O4. The van der Waals surface area contributed by atoms with Gasteiger partial charge in [-0.1, -0.05) is 0 Å². The number of primary amides is 1. The second-order valence-electron chi connectivity index (χ2n) is 7.13. The molecule has 0 saturated carbocycles. The number of halogens is 4. The molecule has 0 fully saturated rings. The fourth-order valence-corrected chi connectivity index (χ4v) is 3.26. The zero-order valence-electron chi connectivity index (χ0n) is 17.4. The van der Waals surface area contributed by atoms with E-state index in [9.17, 15) is 27.2 Å². The summed E-state index contributed by atoms with van der Waals surface area (Å²) in [5, 5.41) is 10.9. The molecule has 5 N–H and O–H groups in total. The molecular weight excluding hydrogens is 474 g/mol. The number of hydrogen-bond donors (Lipinski definition) is 4. The Hall–Kier alpha value is -4.81. The highest BCUT2D eigenvalue weighted by Crippen LogP contribution is 2.36. The predicted octanol–water partition coefficient (Wildman–Crippen LogP) is 5.82. The quantitative estimate of drug-likeness (QED) is 0.262. The molecule has 3 amide bonds. The summed E-state index contributed by atoms with van der Waals surface area (Å²) in [5.74, 6) is -0.402. The summed E-state index contributed by atoms with van der Waals surface area (Å²) in [6.07, 6.45) is -6.03. The number of alkyl halides is 3. The summed E-state index contributed by atoms with van der Waals surface area (Å²) in [6.45, 7) is 0. The molecule has 0 saturated heterocycles. The molecule has 0 aliphatic rings. The molecule has 1 heterocycles. The first-order valence-electron chi connectivity index (χ1n) is 9.75. The molecule has 0 bridgehead atoms. The maximum atomic E-state index is 14.3. The van der Waals surface area contributed by atoms with Gasteiger partial charge in [-0.15, -0.1) is 0 Å². The number of aromatic amines is 1. The average molecular weight is 489 g/mol. The van der Waals surface area contributed by atoms with Gasteiger partial charge >= 0.3 is 18.3 Å². The van der Waals surface area contributed by atoms with E-state index < -0.39 is 35.4 Å². The predicted molar refractivity (Wildman–Crippen MR) is 117 cm³/mol. The van der Waals surface area contributed by atoms with E-state index >= 15 is 0 Å². The highest BCUT2D eigenvalue weighted by Gasteiger charge is 2.32.